The number of aromatic nitrogens is 5. The number of hydrogen-bond donors (Lipinski definition) is 1. The van der Waals surface area contributed by atoms with E-state index in [0.29, 0.717) is 16.8 Å². The second-order valence-corrected chi connectivity index (χ2v) is 4.91. The Morgan fingerprint density at radius 1 is 1.10 bits per heavy atom. The van der Waals surface area contributed by atoms with Gasteiger partial charge in [-0.2, -0.15) is 9.78 Å². The van der Waals surface area contributed by atoms with Gasteiger partial charge in [-0.1, -0.05) is 29.8 Å². The van der Waals surface area contributed by atoms with Gasteiger partial charge in [-0.05, 0) is 36.8 Å². The first-order valence-corrected chi connectivity index (χ1v) is 6.68. The Morgan fingerprint density at radius 2 is 1.86 bits per heavy atom. The van der Waals surface area contributed by atoms with E-state index in [9.17, 15) is 0 Å². The molecule has 21 heavy (non-hydrogen) atoms. The minimum atomic E-state index is 0.466. The highest BCUT2D eigenvalue weighted by molar-refractivity contribution is 6.30. The SMILES string of the molecule is Cc1nnc(-n2nccc2C=Cc2ccc(Cl)cc2)n1N. The summed E-state index contributed by atoms with van der Waals surface area (Å²) in [4.78, 5) is 0. The molecule has 3 aromatic rings. The van der Waals surface area contributed by atoms with E-state index < -0.39 is 0 Å². The highest BCUT2D eigenvalue weighted by Gasteiger charge is 2.11. The maximum atomic E-state index is 5.88. The van der Waals surface area contributed by atoms with Crippen LogP contribution >= 0.6 is 11.6 Å². The first-order valence-electron chi connectivity index (χ1n) is 6.30. The molecule has 0 bridgehead atoms. The van der Waals surface area contributed by atoms with E-state index in [2.05, 4.69) is 15.3 Å². The lowest BCUT2D eigenvalue weighted by Gasteiger charge is -2.03. The molecule has 0 aliphatic heterocycles. The number of hydrogen-bond acceptors (Lipinski definition) is 4. The third-order valence-corrected chi connectivity index (χ3v) is 3.28. The molecule has 0 saturated carbocycles. The van der Waals surface area contributed by atoms with Gasteiger partial charge in [0, 0.05) is 5.02 Å². The fraction of sp³-hybridized carbons (Fsp3) is 0.0714. The molecule has 0 fully saturated rings. The molecular weight excluding hydrogens is 288 g/mol. The number of aryl methyl sites for hydroxylation is 1. The van der Waals surface area contributed by atoms with Crippen LogP contribution in [0, 0.1) is 6.92 Å². The predicted octanol–water partition coefficient (Wildman–Crippen LogP) is 2.31. The average molecular weight is 301 g/mol. The summed E-state index contributed by atoms with van der Waals surface area (Å²) < 4.78 is 3.03. The van der Waals surface area contributed by atoms with Crippen LogP contribution in [0.2, 0.25) is 5.02 Å². The lowest BCUT2D eigenvalue weighted by molar-refractivity contribution is 0.759. The highest BCUT2D eigenvalue weighted by Crippen LogP contribution is 2.14. The van der Waals surface area contributed by atoms with Crippen molar-refractivity contribution < 1.29 is 0 Å². The van der Waals surface area contributed by atoms with Gasteiger partial charge in [-0.25, -0.2) is 4.68 Å². The maximum absolute atomic E-state index is 5.88. The molecule has 7 heteroatoms. The number of nitrogens with two attached hydrogens (primary N) is 1. The molecule has 106 valence electrons. The zero-order valence-electron chi connectivity index (χ0n) is 11.3. The van der Waals surface area contributed by atoms with Crippen LogP contribution in [0.4, 0.5) is 0 Å². The topological polar surface area (TPSA) is 74.5 Å². The van der Waals surface area contributed by atoms with Crippen LogP contribution < -0.4 is 5.84 Å². The van der Waals surface area contributed by atoms with E-state index in [1.807, 2.05) is 42.5 Å². The van der Waals surface area contributed by atoms with Gasteiger partial charge in [-0.15, -0.1) is 10.2 Å². The van der Waals surface area contributed by atoms with Crippen molar-refractivity contribution in [1.29, 1.82) is 0 Å². The monoisotopic (exact) mass is 300 g/mol. The summed E-state index contributed by atoms with van der Waals surface area (Å²) in [7, 11) is 0. The highest BCUT2D eigenvalue weighted by atomic mass is 35.5. The summed E-state index contributed by atoms with van der Waals surface area (Å²) in [5.41, 5.74) is 1.89. The van der Waals surface area contributed by atoms with Gasteiger partial charge in [0.15, 0.2) is 5.82 Å². The molecule has 2 aromatic heterocycles. The largest absolute Gasteiger partial charge is 0.335 e. The van der Waals surface area contributed by atoms with Crippen LogP contribution in [-0.4, -0.2) is 24.7 Å². The Bertz CT molecular complexity index is 784. The van der Waals surface area contributed by atoms with Gasteiger partial charge in [-0.3, -0.25) is 0 Å². The van der Waals surface area contributed by atoms with Crippen molar-refractivity contribution in [3.8, 4) is 5.95 Å². The van der Waals surface area contributed by atoms with Crippen LogP contribution in [0.5, 0.6) is 0 Å². The predicted molar refractivity (Wildman–Crippen MR) is 82.4 cm³/mol. The lowest BCUT2D eigenvalue weighted by atomic mass is 10.2. The van der Waals surface area contributed by atoms with E-state index in [1.54, 1.807) is 17.8 Å². The minimum absolute atomic E-state index is 0.466. The minimum Gasteiger partial charge on any atom is -0.335 e. The third-order valence-electron chi connectivity index (χ3n) is 3.03. The number of halogens is 1. The molecular formula is C14H13ClN6. The molecule has 0 spiro atoms. The fourth-order valence-corrected chi connectivity index (χ4v) is 1.99. The molecule has 0 saturated heterocycles. The van der Waals surface area contributed by atoms with Gasteiger partial charge in [0.2, 0.25) is 0 Å². The number of rotatable bonds is 3. The van der Waals surface area contributed by atoms with Crippen LogP contribution in [0.15, 0.2) is 36.5 Å². The van der Waals surface area contributed by atoms with Crippen LogP contribution in [-0.2, 0) is 0 Å². The zero-order valence-corrected chi connectivity index (χ0v) is 12.1. The summed E-state index contributed by atoms with van der Waals surface area (Å²) in [6.07, 6.45) is 5.58. The molecule has 3 rings (SSSR count). The Morgan fingerprint density at radius 3 is 2.52 bits per heavy atom. The van der Waals surface area contributed by atoms with Crippen LogP contribution in [0.25, 0.3) is 18.1 Å². The van der Waals surface area contributed by atoms with E-state index in [4.69, 9.17) is 17.4 Å². The Labute approximate surface area is 126 Å². The van der Waals surface area contributed by atoms with Crippen molar-refractivity contribution in [2.24, 2.45) is 0 Å². The molecule has 0 aliphatic rings. The molecule has 2 N–H and O–H groups in total. The summed E-state index contributed by atoms with van der Waals surface area (Å²) in [6.45, 7) is 1.78. The lowest BCUT2D eigenvalue weighted by Crippen LogP contribution is -2.17. The molecule has 0 radical (unpaired) electrons. The molecule has 2 heterocycles. The molecule has 0 amide bonds. The van der Waals surface area contributed by atoms with Crippen molar-refractivity contribution in [2.75, 3.05) is 5.84 Å². The van der Waals surface area contributed by atoms with Crippen molar-refractivity contribution in [1.82, 2.24) is 24.7 Å². The van der Waals surface area contributed by atoms with Crippen molar-refractivity contribution in [2.45, 2.75) is 6.92 Å². The smallest absolute Gasteiger partial charge is 0.271 e. The van der Waals surface area contributed by atoms with Crippen molar-refractivity contribution >= 4 is 23.8 Å². The van der Waals surface area contributed by atoms with Gasteiger partial charge in [0.1, 0.15) is 0 Å². The molecule has 0 aliphatic carbocycles. The van der Waals surface area contributed by atoms with E-state index in [-0.39, 0.29) is 0 Å². The standard InChI is InChI=1S/C14H13ClN6/c1-10-18-19-14(20(10)16)21-13(8-9-17-21)7-4-11-2-5-12(15)6-3-11/h2-9H,16H2,1H3. The van der Waals surface area contributed by atoms with E-state index in [0.717, 1.165) is 11.3 Å². The first-order chi connectivity index (χ1) is 10.1. The van der Waals surface area contributed by atoms with Crippen LogP contribution in [0.1, 0.15) is 17.1 Å². The first kappa shape index (κ1) is 13.4. The molecule has 1 aromatic carbocycles. The number of nitrogens with zero attached hydrogens (tertiary/aromatic N) is 5. The van der Waals surface area contributed by atoms with Gasteiger partial charge >= 0.3 is 0 Å². The summed E-state index contributed by atoms with van der Waals surface area (Å²) in [5, 5.41) is 12.9. The Kier molecular flexibility index (Phi) is 3.45. The molecule has 0 atom stereocenters. The average Bonchev–Trinajstić information content (AvgIpc) is 3.06. The van der Waals surface area contributed by atoms with Crippen molar-refractivity contribution in [3.63, 3.8) is 0 Å². The zero-order chi connectivity index (χ0) is 14.8. The second kappa shape index (κ2) is 5.41. The normalized spacial score (nSPS) is 11.3. The Balaban J connectivity index is 1.92. The second-order valence-electron chi connectivity index (χ2n) is 4.47. The summed E-state index contributed by atoms with van der Waals surface area (Å²) in [6, 6.07) is 9.44. The quantitative estimate of drug-likeness (QED) is 0.753. The van der Waals surface area contributed by atoms with Crippen molar-refractivity contribution in [3.05, 3.63) is 58.6 Å². The third kappa shape index (κ3) is 2.66. The Hall–Kier alpha value is -2.60. The van der Waals surface area contributed by atoms with E-state index >= 15 is 0 Å². The molecule has 6 nitrogen and oxygen atoms in total. The van der Waals surface area contributed by atoms with Crippen LogP contribution in [0.3, 0.4) is 0 Å². The number of nitrogen functional groups attached to an aromatic ring is 1. The van der Waals surface area contributed by atoms with Gasteiger partial charge < -0.3 is 5.84 Å². The fourth-order valence-electron chi connectivity index (χ4n) is 1.86. The maximum Gasteiger partial charge on any atom is 0.271 e. The van der Waals surface area contributed by atoms with Gasteiger partial charge in [0.05, 0.1) is 11.9 Å². The molecule has 0 unspecified atom stereocenters. The number of benzene rings is 1. The van der Waals surface area contributed by atoms with E-state index in [1.165, 1.54) is 4.68 Å². The summed E-state index contributed by atoms with van der Waals surface area (Å²) in [5.74, 6) is 6.96. The van der Waals surface area contributed by atoms with Gasteiger partial charge in [0.25, 0.3) is 5.95 Å². The summed E-state index contributed by atoms with van der Waals surface area (Å²) >= 11 is 5.87.